The molecular formula is C18H24BrNO2. The summed E-state index contributed by atoms with van der Waals surface area (Å²) in [5, 5.41) is 10.4. The van der Waals surface area contributed by atoms with Crippen LogP contribution in [-0.2, 0) is 4.74 Å². The number of allylic oxidation sites excluding steroid dienone is 5. The van der Waals surface area contributed by atoms with Gasteiger partial charge in [0.25, 0.3) is 0 Å². The first-order chi connectivity index (χ1) is 10.1. The van der Waals surface area contributed by atoms with Crippen LogP contribution in [0.15, 0.2) is 51.4 Å². The number of hydrogen-bond donors (Lipinski definition) is 1. The van der Waals surface area contributed by atoms with Crippen LogP contribution in [0.25, 0.3) is 0 Å². The van der Waals surface area contributed by atoms with E-state index in [0.29, 0.717) is 11.3 Å². The number of aliphatic imine (C=N–C) groups is 1. The zero-order valence-corrected chi connectivity index (χ0v) is 15.5. The molecule has 22 heavy (non-hydrogen) atoms. The van der Waals surface area contributed by atoms with E-state index in [1.807, 2.05) is 33.1 Å². The van der Waals surface area contributed by atoms with Crippen molar-refractivity contribution >= 4 is 22.1 Å². The Kier molecular flexibility index (Phi) is 4.83. The molecule has 0 spiro atoms. The molecule has 2 atom stereocenters. The van der Waals surface area contributed by atoms with Crippen molar-refractivity contribution in [2.75, 3.05) is 0 Å². The van der Waals surface area contributed by atoms with Crippen LogP contribution >= 0.6 is 15.9 Å². The Balaban J connectivity index is 2.40. The molecule has 2 aliphatic rings. The van der Waals surface area contributed by atoms with Gasteiger partial charge >= 0.3 is 0 Å². The van der Waals surface area contributed by atoms with E-state index in [0.717, 1.165) is 17.7 Å². The number of aliphatic hydroxyl groups is 1. The van der Waals surface area contributed by atoms with Gasteiger partial charge in [0.15, 0.2) is 0 Å². The van der Waals surface area contributed by atoms with Gasteiger partial charge in [-0.15, -0.1) is 0 Å². The number of alkyl halides is 1. The second kappa shape index (κ2) is 6.17. The van der Waals surface area contributed by atoms with Crippen LogP contribution in [0.1, 0.15) is 41.0 Å². The summed E-state index contributed by atoms with van der Waals surface area (Å²) < 4.78 is 6.08. The van der Waals surface area contributed by atoms with Crippen molar-refractivity contribution in [3.63, 3.8) is 0 Å². The SMILES string of the molecule is C=C1/C(=C\C2=C(C)N=CC(C)=C(C)C2)OC(C)(C)C(Br)C1O. The molecule has 2 rings (SSSR count). The lowest BCUT2D eigenvalue weighted by Crippen LogP contribution is -2.48. The number of rotatable bonds is 1. The number of hydrogen-bond acceptors (Lipinski definition) is 3. The van der Waals surface area contributed by atoms with E-state index in [4.69, 9.17) is 4.74 Å². The molecule has 4 heteroatoms. The molecule has 0 saturated carbocycles. The topological polar surface area (TPSA) is 41.8 Å². The normalized spacial score (nSPS) is 30.7. The Morgan fingerprint density at radius 1 is 1.41 bits per heavy atom. The number of halogens is 1. The number of nitrogens with zero attached hydrogens (tertiary/aromatic N) is 1. The van der Waals surface area contributed by atoms with Gasteiger partial charge < -0.3 is 9.84 Å². The first-order valence-electron chi connectivity index (χ1n) is 7.45. The van der Waals surface area contributed by atoms with E-state index < -0.39 is 11.7 Å². The molecule has 0 aliphatic carbocycles. The van der Waals surface area contributed by atoms with E-state index in [-0.39, 0.29) is 4.83 Å². The van der Waals surface area contributed by atoms with Gasteiger partial charge in [-0.25, -0.2) is 0 Å². The Bertz CT molecular complexity index is 623. The van der Waals surface area contributed by atoms with Crippen LogP contribution in [-0.4, -0.2) is 27.9 Å². The summed E-state index contributed by atoms with van der Waals surface area (Å²) in [6.07, 6.45) is 4.04. The summed E-state index contributed by atoms with van der Waals surface area (Å²) in [6.45, 7) is 14.1. The zero-order valence-electron chi connectivity index (χ0n) is 13.9. The smallest absolute Gasteiger partial charge is 0.125 e. The molecule has 1 saturated heterocycles. The van der Waals surface area contributed by atoms with Crippen LogP contribution in [0.3, 0.4) is 0 Å². The average Bonchev–Trinajstić information content (AvgIpc) is 2.56. The molecule has 0 aromatic carbocycles. The Morgan fingerprint density at radius 2 is 2.05 bits per heavy atom. The first-order valence-corrected chi connectivity index (χ1v) is 8.37. The largest absolute Gasteiger partial charge is 0.486 e. The fraction of sp³-hybridized carbons (Fsp3) is 0.500. The van der Waals surface area contributed by atoms with Gasteiger partial charge in [-0.05, 0) is 58.3 Å². The van der Waals surface area contributed by atoms with Gasteiger partial charge in [0.2, 0.25) is 0 Å². The zero-order chi connectivity index (χ0) is 16.7. The maximum absolute atomic E-state index is 10.4. The predicted molar refractivity (Wildman–Crippen MR) is 95.3 cm³/mol. The molecular weight excluding hydrogens is 342 g/mol. The lowest BCUT2D eigenvalue weighted by atomic mass is 9.90. The molecule has 0 amide bonds. The summed E-state index contributed by atoms with van der Waals surface area (Å²) >= 11 is 3.50. The van der Waals surface area contributed by atoms with E-state index in [2.05, 4.69) is 41.3 Å². The Hall–Kier alpha value is -1.13. The molecule has 2 unspecified atom stereocenters. The Morgan fingerprint density at radius 3 is 2.68 bits per heavy atom. The van der Waals surface area contributed by atoms with Crippen molar-refractivity contribution < 1.29 is 9.84 Å². The van der Waals surface area contributed by atoms with Crippen molar-refractivity contribution in [2.24, 2.45) is 4.99 Å². The molecule has 0 bridgehead atoms. The first kappa shape index (κ1) is 17.2. The fourth-order valence-corrected chi connectivity index (χ4v) is 2.90. The van der Waals surface area contributed by atoms with Crippen molar-refractivity contribution in [3.05, 3.63) is 46.4 Å². The maximum atomic E-state index is 10.4. The van der Waals surface area contributed by atoms with Crippen LogP contribution in [0.5, 0.6) is 0 Å². The minimum atomic E-state index is -0.663. The second-order valence-electron chi connectivity index (χ2n) is 6.59. The van der Waals surface area contributed by atoms with Crippen LogP contribution in [0, 0.1) is 0 Å². The highest BCUT2D eigenvalue weighted by molar-refractivity contribution is 9.09. The van der Waals surface area contributed by atoms with Crippen molar-refractivity contribution in [1.82, 2.24) is 0 Å². The number of ether oxygens (including phenoxy) is 1. The van der Waals surface area contributed by atoms with Gasteiger partial charge in [0.05, 0.1) is 10.9 Å². The molecule has 0 aromatic heterocycles. The molecule has 1 fully saturated rings. The molecule has 0 aromatic rings. The summed E-state index contributed by atoms with van der Waals surface area (Å²) in [5.41, 5.74) is 4.64. The lowest BCUT2D eigenvalue weighted by Gasteiger charge is -2.41. The molecule has 2 heterocycles. The highest BCUT2D eigenvalue weighted by atomic mass is 79.9. The third kappa shape index (κ3) is 3.28. The van der Waals surface area contributed by atoms with Gasteiger partial charge in [0.1, 0.15) is 11.4 Å². The van der Waals surface area contributed by atoms with E-state index in [1.165, 1.54) is 11.1 Å². The molecule has 0 radical (unpaired) electrons. The van der Waals surface area contributed by atoms with Crippen LogP contribution < -0.4 is 0 Å². The van der Waals surface area contributed by atoms with E-state index in [1.54, 1.807) is 0 Å². The molecule has 1 N–H and O–H groups in total. The maximum Gasteiger partial charge on any atom is 0.125 e. The molecule has 120 valence electrons. The van der Waals surface area contributed by atoms with Crippen LogP contribution in [0.2, 0.25) is 0 Å². The minimum absolute atomic E-state index is 0.184. The fourth-order valence-electron chi connectivity index (χ4n) is 2.48. The predicted octanol–water partition coefficient (Wildman–Crippen LogP) is 4.44. The second-order valence-corrected chi connectivity index (χ2v) is 7.58. The Labute approximate surface area is 141 Å². The van der Waals surface area contributed by atoms with Gasteiger partial charge in [-0.2, -0.15) is 0 Å². The minimum Gasteiger partial charge on any atom is -0.486 e. The standard InChI is InChI=1S/C18H24BrNO2/c1-10-7-14(13(4)20-9-11(10)2)8-15-12(3)16(21)17(19)18(5,6)22-15/h8-9,16-17,21H,3,7H2,1-2,4-6H3/b15-8+. The monoisotopic (exact) mass is 365 g/mol. The summed E-state index contributed by atoms with van der Waals surface area (Å²) in [6, 6.07) is 0. The highest BCUT2D eigenvalue weighted by Crippen LogP contribution is 2.39. The van der Waals surface area contributed by atoms with Gasteiger partial charge in [-0.3, -0.25) is 4.99 Å². The van der Waals surface area contributed by atoms with Crippen molar-refractivity contribution in [1.29, 1.82) is 0 Å². The van der Waals surface area contributed by atoms with Gasteiger partial charge in [-0.1, -0.05) is 28.1 Å². The van der Waals surface area contributed by atoms with Crippen molar-refractivity contribution in [3.8, 4) is 0 Å². The van der Waals surface area contributed by atoms with E-state index in [9.17, 15) is 5.11 Å². The molecule has 2 aliphatic heterocycles. The average molecular weight is 366 g/mol. The lowest BCUT2D eigenvalue weighted by molar-refractivity contribution is -0.0178. The highest BCUT2D eigenvalue weighted by Gasteiger charge is 2.42. The summed E-state index contributed by atoms with van der Waals surface area (Å²) in [5.74, 6) is 0.644. The van der Waals surface area contributed by atoms with Crippen molar-refractivity contribution in [2.45, 2.75) is 57.6 Å². The third-order valence-corrected chi connectivity index (χ3v) is 5.94. The summed E-state index contributed by atoms with van der Waals surface area (Å²) in [4.78, 5) is 4.31. The third-order valence-electron chi connectivity index (χ3n) is 4.34. The van der Waals surface area contributed by atoms with E-state index >= 15 is 0 Å². The molecule has 3 nitrogen and oxygen atoms in total. The van der Waals surface area contributed by atoms with Crippen LogP contribution in [0.4, 0.5) is 0 Å². The quantitative estimate of drug-likeness (QED) is 0.697. The van der Waals surface area contributed by atoms with Gasteiger partial charge in [0, 0.05) is 17.5 Å². The number of aliphatic hydroxyl groups excluding tert-OH is 1. The summed E-state index contributed by atoms with van der Waals surface area (Å²) in [7, 11) is 0.